The maximum absolute atomic E-state index is 5.67. The van der Waals surface area contributed by atoms with Gasteiger partial charge in [0.25, 0.3) is 0 Å². The second-order valence-electron chi connectivity index (χ2n) is 6.22. The molecular weight excluding hydrogens is 246 g/mol. The van der Waals surface area contributed by atoms with E-state index < -0.39 is 0 Å². The highest BCUT2D eigenvalue weighted by atomic mass is 16.5. The quantitative estimate of drug-likeness (QED) is 0.814. The molecule has 1 unspecified atom stereocenters. The Balaban J connectivity index is 2.35. The number of benzene rings is 1. The van der Waals surface area contributed by atoms with Gasteiger partial charge in [-0.05, 0) is 56.8 Å². The fourth-order valence-corrected chi connectivity index (χ4v) is 3.77. The molecule has 112 valence electrons. The third-order valence-electron chi connectivity index (χ3n) is 4.71. The van der Waals surface area contributed by atoms with E-state index in [1.165, 1.54) is 55.2 Å². The Morgan fingerprint density at radius 3 is 2.30 bits per heavy atom. The first-order chi connectivity index (χ1) is 9.67. The molecule has 2 rings (SSSR count). The number of rotatable bonds is 4. The Morgan fingerprint density at radius 2 is 1.75 bits per heavy atom. The normalized spacial score (nSPS) is 18.6. The Kier molecular flexibility index (Phi) is 5.47. The summed E-state index contributed by atoms with van der Waals surface area (Å²) in [6.45, 7) is 4.35. The van der Waals surface area contributed by atoms with E-state index >= 15 is 0 Å². The van der Waals surface area contributed by atoms with Crippen molar-refractivity contribution in [2.45, 2.75) is 58.4 Å². The maximum atomic E-state index is 5.67. The fraction of sp³-hybridized carbons (Fsp3) is 0.667. The summed E-state index contributed by atoms with van der Waals surface area (Å²) < 4.78 is 5.67. The van der Waals surface area contributed by atoms with Crippen molar-refractivity contribution in [2.24, 2.45) is 5.92 Å². The molecular formula is C18H29NO. The first kappa shape index (κ1) is 15.4. The van der Waals surface area contributed by atoms with Crippen LogP contribution in [-0.2, 0) is 0 Å². The molecule has 1 saturated carbocycles. The Labute approximate surface area is 123 Å². The molecule has 0 radical (unpaired) electrons. The average Bonchev–Trinajstić information content (AvgIpc) is 2.70. The molecule has 1 aliphatic rings. The lowest BCUT2D eigenvalue weighted by Crippen LogP contribution is -2.26. The molecule has 20 heavy (non-hydrogen) atoms. The second kappa shape index (κ2) is 7.12. The molecule has 0 aliphatic heterocycles. The van der Waals surface area contributed by atoms with E-state index in [-0.39, 0.29) is 0 Å². The number of hydrogen-bond donors (Lipinski definition) is 1. The van der Waals surface area contributed by atoms with Crippen molar-refractivity contribution in [3.8, 4) is 5.75 Å². The van der Waals surface area contributed by atoms with E-state index in [1.54, 1.807) is 7.11 Å². The van der Waals surface area contributed by atoms with Gasteiger partial charge in [-0.15, -0.1) is 0 Å². The van der Waals surface area contributed by atoms with Gasteiger partial charge in [0.2, 0.25) is 0 Å². The Hall–Kier alpha value is -1.02. The second-order valence-corrected chi connectivity index (χ2v) is 6.22. The Morgan fingerprint density at radius 1 is 1.10 bits per heavy atom. The van der Waals surface area contributed by atoms with Gasteiger partial charge in [0, 0.05) is 11.6 Å². The van der Waals surface area contributed by atoms with E-state index in [0.717, 1.165) is 11.7 Å². The van der Waals surface area contributed by atoms with E-state index in [1.807, 2.05) is 0 Å². The van der Waals surface area contributed by atoms with Crippen LogP contribution in [-0.4, -0.2) is 14.2 Å². The highest BCUT2D eigenvalue weighted by Crippen LogP contribution is 2.39. The van der Waals surface area contributed by atoms with Gasteiger partial charge >= 0.3 is 0 Å². The van der Waals surface area contributed by atoms with Crippen LogP contribution >= 0.6 is 0 Å². The van der Waals surface area contributed by atoms with Crippen LogP contribution in [0.4, 0.5) is 0 Å². The number of nitrogens with one attached hydrogen (secondary N) is 1. The molecule has 0 saturated heterocycles. The van der Waals surface area contributed by atoms with Crippen molar-refractivity contribution < 1.29 is 4.74 Å². The average molecular weight is 275 g/mol. The van der Waals surface area contributed by atoms with Crippen LogP contribution in [0.3, 0.4) is 0 Å². The van der Waals surface area contributed by atoms with Gasteiger partial charge in [0.05, 0.1) is 7.11 Å². The van der Waals surface area contributed by atoms with Crippen molar-refractivity contribution in [3.05, 3.63) is 28.8 Å². The fourth-order valence-electron chi connectivity index (χ4n) is 3.77. The molecule has 1 fully saturated rings. The van der Waals surface area contributed by atoms with Gasteiger partial charge in [0.1, 0.15) is 5.75 Å². The summed E-state index contributed by atoms with van der Waals surface area (Å²) in [5, 5.41) is 3.57. The SMILES string of the molecule is CNC(c1c(C)cc(C)cc1OC)C1CCCCCC1. The molecule has 1 aliphatic carbocycles. The first-order valence-electron chi connectivity index (χ1n) is 7.99. The third kappa shape index (κ3) is 3.35. The van der Waals surface area contributed by atoms with Crippen molar-refractivity contribution in [1.82, 2.24) is 5.32 Å². The van der Waals surface area contributed by atoms with Crippen molar-refractivity contribution in [2.75, 3.05) is 14.2 Å². The molecule has 0 heterocycles. The molecule has 1 aromatic carbocycles. The summed E-state index contributed by atoms with van der Waals surface area (Å²) >= 11 is 0. The van der Waals surface area contributed by atoms with Crippen LogP contribution in [0.2, 0.25) is 0 Å². The minimum absolute atomic E-state index is 0.420. The van der Waals surface area contributed by atoms with Gasteiger partial charge in [0.15, 0.2) is 0 Å². The molecule has 0 aromatic heterocycles. The molecule has 1 N–H and O–H groups in total. The van der Waals surface area contributed by atoms with Crippen LogP contribution in [0.25, 0.3) is 0 Å². The van der Waals surface area contributed by atoms with Gasteiger partial charge < -0.3 is 10.1 Å². The van der Waals surface area contributed by atoms with Crippen LogP contribution in [0.5, 0.6) is 5.75 Å². The first-order valence-corrected chi connectivity index (χ1v) is 7.99. The monoisotopic (exact) mass is 275 g/mol. The van der Waals surface area contributed by atoms with E-state index in [2.05, 4.69) is 38.3 Å². The number of hydrogen-bond acceptors (Lipinski definition) is 2. The highest BCUT2D eigenvalue weighted by molar-refractivity contribution is 5.45. The zero-order valence-electron chi connectivity index (χ0n) is 13.5. The summed E-state index contributed by atoms with van der Waals surface area (Å²) in [6.07, 6.45) is 8.21. The largest absolute Gasteiger partial charge is 0.496 e. The molecule has 1 aromatic rings. The van der Waals surface area contributed by atoms with Crippen molar-refractivity contribution in [3.63, 3.8) is 0 Å². The van der Waals surface area contributed by atoms with Crippen LogP contribution < -0.4 is 10.1 Å². The lowest BCUT2D eigenvalue weighted by Gasteiger charge is -2.29. The van der Waals surface area contributed by atoms with Crippen LogP contribution in [0.15, 0.2) is 12.1 Å². The van der Waals surface area contributed by atoms with E-state index in [4.69, 9.17) is 4.74 Å². The number of aryl methyl sites for hydroxylation is 2. The smallest absolute Gasteiger partial charge is 0.124 e. The van der Waals surface area contributed by atoms with Crippen LogP contribution in [0, 0.1) is 19.8 Å². The Bertz CT molecular complexity index is 433. The summed E-state index contributed by atoms with van der Waals surface area (Å²) in [5.74, 6) is 1.78. The topological polar surface area (TPSA) is 21.3 Å². The van der Waals surface area contributed by atoms with Crippen LogP contribution in [0.1, 0.15) is 61.3 Å². The maximum Gasteiger partial charge on any atom is 0.124 e. The summed E-state index contributed by atoms with van der Waals surface area (Å²) in [4.78, 5) is 0. The zero-order valence-corrected chi connectivity index (χ0v) is 13.5. The summed E-state index contributed by atoms with van der Waals surface area (Å²) in [5.41, 5.74) is 4.00. The molecule has 2 heteroatoms. The van der Waals surface area contributed by atoms with Crippen molar-refractivity contribution in [1.29, 1.82) is 0 Å². The molecule has 0 spiro atoms. The predicted molar refractivity (Wildman–Crippen MR) is 85.5 cm³/mol. The molecule has 2 nitrogen and oxygen atoms in total. The highest BCUT2D eigenvalue weighted by Gasteiger charge is 2.26. The number of methoxy groups -OCH3 is 1. The standard InChI is InChI=1S/C18H29NO/c1-13-11-14(2)17(16(12-13)20-4)18(19-3)15-9-7-5-6-8-10-15/h11-12,15,18-19H,5-10H2,1-4H3. The molecule has 0 amide bonds. The van der Waals surface area contributed by atoms with Gasteiger partial charge in [-0.1, -0.05) is 31.7 Å². The molecule has 1 atom stereocenters. The van der Waals surface area contributed by atoms with E-state index in [0.29, 0.717) is 6.04 Å². The van der Waals surface area contributed by atoms with Crippen molar-refractivity contribution >= 4 is 0 Å². The van der Waals surface area contributed by atoms with Gasteiger partial charge in [-0.2, -0.15) is 0 Å². The lowest BCUT2D eigenvalue weighted by molar-refractivity contribution is 0.325. The van der Waals surface area contributed by atoms with Gasteiger partial charge in [-0.3, -0.25) is 0 Å². The minimum atomic E-state index is 0.420. The lowest BCUT2D eigenvalue weighted by atomic mass is 9.84. The summed E-state index contributed by atoms with van der Waals surface area (Å²) in [6, 6.07) is 4.87. The zero-order chi connectivity index (χ0) is 14.5. The summed E-state index contributed by atoms with van der Waals surface area (Å²) in [7, 11) is 3.88. The third-order valence-corrected chi connectivity index (χ3v) is 4.71. The minimum Gasteiger partial charge on any atom is -0.496 e. The number of ether oxygens (including phenoxy) is 1. The van der Waals surface area contributed by atoms with Gasteiger partial charge in [-0.25, -0.2) is 0 Å². The van der Waals surface area contributed by atoms with E-state index in [9.17, 15) is 0 Å². The predicted octanol–water partition coefficient (Wildman–Crippen LogP) is 4.54. The molecule has 0 bridgehead atoms.